The number of hydrogen-bond acceptors (Lipinski definition) is 4. The predicted molar refractivity (Wildman–Crippen MR) is 91.2 cm³/mol. The van der Waals surface area contributed by atoms with Crippen LogP contribution in [0.5, 0.6) is 5.75 Å². The molecule has 1 atom stereocenters. The van der Waals surface area contributed by atoms with E-state index in [4.69, 9.17) is 21.1 Å². The van der Waals surface area contributed by atoms with Crippen molar-refractivity contribution in [2.24, 2.45) is 0 Å². The topological polar surface area (TPSA) is 64.6 Å². The number of carbonyl (C=O) groups is 2. The van der Waals surface area contributed by atoms with E-state index < -0.39 is 24.3 Å². The van der Waals surface area contributed by atoms with Gasteiger partial charge < -0.3 is 14.8 Å². The van der Waals surface area contributed by atoms with Gasteiger partial charge in [0.1, 0.15) is 11.6 Å². The average Bonchev–Trinajstić information content (AvgIpc) is 2.59. The zero-order valence-corrected chi connectivity index (χ0v) is 14.5. The van der Waals surface area contributed by atoms with Gasteiger partial charge in [0, 0.05) is 11.1 Å². The molecule has 0 fully saturated rings. The van der Waals surface area contributed by atoms with E-state index in [-0.39, 0.29) is 17.4 Å². The van der Waals surface area contributed by atoms with E-state index in [0.29, 0.717) is 5.02 Å². The molecule has 1 amide bonds. The highest BCUT2D eigenvalue weighted by molar-refractivity contribution is 6.30. The molecule has 0 saturated heterocycles. The SMILES string of the molecule is COc1ccc(C(=O)OCC(=O)N[C@@H](C)c2cccc(Cl)c2)c(F)c1. The van der Waals surface area contributed by atoms with Crippen molar-refractivity contribution in [2.45, 2.75) is 13.0 Å². The molecule has 25 heavy (non-hydrogen) atoms. The standard InChI is InChI=1S/C18H17ClFNO4/c1-11(12-4-3-5-13(19)8-12)21-17(22)10-25-18(23)15-7-6-14(24-2)9-16(15)20/h3-9,11H,10H2,1-2H3,(H,21,22)/t11-/m0/s1. The molecule has 0 aliphatic heterocycles. The van der Waals surface area contributed by atoms with Gasteiger partial charge in [-0.25, -0.2) is 9.18 Å². The molecular weight excluding hydrogens is 349 g/mol. The molecule has 0 spiro atoms. The summed E-state index contributed by atoms with van der Waals surface area (Å²) in [7, 11) is 1.39. The van der Waals surface area contributed by atoms with Crippen LogP contribution in [0.2, 0.25) is 5.02 Å². The Hall–Kier alpha value is -2.60. The summed E-state index contributed by atoms with van der Waals surface area (Å²) in [5, 5.41) is 3.23. The first-order chi connectivity index (χ1) is 11.9. The molecule has 0 radical (unpaired) electrons. The molecule has 0 aliphatic carbocycles. The number of carbonyl (C=O) groups excluding carboxylic acids is 2. The second-order valence-corrected chi connectivity index (χ2v) is 5.70. The summed E-state index contributed by atoms with van der Waals surface area (Å²) < 4.78 is 23.5. The average molecular weight is 366 g/mol. The normalized spacial score (nSPS) is 11.5. The summed E-state index contributed by atoms with van der Waals surface area (Å²) >= 11 is 5.91. The van der Waals surface area contributed by atoms with Crippen LogP contribution in [-0.4, -0.2) is 25.6 Å². The highest BCUT2D eigenvalue weighted by atomic mass is 35.5. The van der Waals surface area contributed by atoms with Crippen LogP contribution in [0.25, 0.3) is 0 Å². The molecule has 7 heteroatoms. The Bertz CT molecular complexity index is 781. The first kappa shape index (κ1) is 18.7. The summed E-state index contributed by atoms with van der Waals surface area (Å²) in [4.78, 5) is 23.8. The van der Waals surface area contributed by atoms with Gasteiger partial charge in [0.05, 0.1) is 18.7 Å². The lowest BCUT2D eigenvalue weighted by Crippen LogP contribution is -2.31. The van der Waals surface area contributed by atoms with E-state index in [2.05, 4.69) is 5.32 Å². The molecule has 2 aromatic rings. The smallest absolute Gasteiger partial charge is 0.341 e. The van der Waals surface area contributed by atoms with Gasteiger partial charge in [0.25, 0.3) is 5.91 Å². The second-order valence-electron chi connectivity index (χ2n) is 5.27. The van der Waals surface area contributed by atoms with Gasteiger partial charge in [-0.05, 0) is 36.8 Å². The Morgan fingerprint density at radius 1 is 1.24 bits per heavy atom. The van der Waals surface area contributed by atoms with Crippen LogP contribution in [0.4, 0.5) is 4.39 Å². The Kier molecular flexibility index (Phi) is 6.36. The first-order valence-electron chi connectivity index (χ1n) is 7.46. The fourth-order valence-corrected chi connectivity index (χ4v) is 2.34. The van der Waals surface area contributed by atoms with E-state index in [9.17, 15) is 14.0 Å². The molecule has 0 aromatic heterocycles. The zero-order chi connectivity index (χ0) is 18.4. The Balaban J connectivity index is 1.90. The van der Waals surface area contributed by atoms with Gasteiger partial charge in [0.15, 0.2) is 6.61 Å². The van der Waals surface area contributed by atoms with Crippen molar-refractivity contribution in [3.63, 3.8) is 0 Å². The maximum absolute atomic E-state index is 13.8. The molecular formula is C18H17ClFNO4. The Morgan fingerprint density at radius 3 is 2.64 bits per heavy atom. The lowest BCUT2D eigenvalue weighted by Gasteiger charge is -2.14. The van der Waals surface area contributed by atoms with Crippen molar-refractivity contribution in [3.05, 3.63) is 64.4 Å². The molecule has 1 N–H and O–H groups in total. The largest absolute Gasteiger partial charge is 0.497 e. The molecule has 0 bridgehead atoms. The fourth-order valence-electron chi connectivity index (χ4n) is 2.14. The third kappa shape index (κ3) is 5.19. The van der Waals surface area contributed by atoms with E-state index >= 15 is 0 Å². The van der Waals surface area contributed by atoms with Gasteiger partial charge >= 0.3 is 5.97 Å². The second kappa shape index (κ2) is 8.48. The number of benzene rings is 2. The van der Waals surface area contributed by atoms with Crippen LogP contribution in [0, 0.1) is 5.82 Å². The van der Waals surface area contributed by atoms with Gasteiger partial charge in [-0.3, -0.25) is 4.79 Å². The maximum Gasteiger partial charge on any atom is 0.341 e. The summed E-state index contributed by atoms with van der Waals surface area (Å²) in [6.07, 6.45) is 0. The minimum atomic E-state index is -0.925. The van der Waals surface area contributed by atoms with E-state index in [1.165, 1.54) is 19.2 Å². The highest BCUT2D eigenvalue weighted by Gasteiger charge is 2.17. The van der Waals surface area contributed by atoms with Crippen LogP contribution in [0.3, 0.4) is 0 Å². The Morgan fingerprint density at radius 2 is 2.00 bits per heavy atom. The Labute approximate surface area is 149 Å². The fraction of sp³-hybridized carbons (Fsp3) is 0.222. The highest BCUT2D eigenvalue weighted by Crippen LogP contribution is 2.18. The van der Waals surface area contributed by atoms with Gasteiger partial charge in [0.2, 0.25) is 0 Å². The van der Waals surface area contributed by atoms with Crippen LogP contribution in [0.1, 0.15) is 28.9 Å². The summed E-state index contributed by atoms with van der Waals surface area (Å²) in [6.45, 7) is 1.25. The zero-order valence-electron chi connectivity index (χ0n) is 13.7. The number of halogens is 2. The number of ether oxygens (including phenoxy) is 2. The summed E-state index contributed by atoms with van der Waals surface area (Å²) in [5.41, 5.74) is 0.546. The molecule has 2 rings (SSSR count). The third-order valence-electron chi connectivity index (χ3n) is 3.46. The van der Waals surface area contributed by atoms with Crippen LogP contribution >= 0.6 is 11.6 Å². The third-order valence-corrected chi connectivity index (χ3v) is 3.69. The quantitative estimate of drug-likeness (QED) is 0.795. The number of nitrogens with one attached hydrogen (secondary N) is 1. The molecule has 0 unspecified atom stereocenters. The van der Waals surface area contributed by atoms with Gasteiger partial charge in [-0.15, -0.1) is 0 Å². The molecule has 132 valence electrons. The summed E-state index contributed by atoms with van der Waals surface area (Å²) in [5.74, 6) is -1.93. The number of methoxy groups -OCH3 is 1. The van der Waals surface area contributed by atoms with Gasteiger partial charge in [-0.2, -0.15) is 0 Å². The molecule has 0 heterocycles. The first-order valence-corrected chi connectivity index (χ1v) is 7.84. The molecule has 5 nitrogen and oxygen atoms in total. The van der Waals surface area contributed by atoms with E-state index in [0.717, 1.165) is 11.6 Å². The lowest BCUT2D eigenvalue weighted by atomic mass is 10.1. The van der Waals surface area contributed by atoms with Crippen molar-refractivity contribution in [3.8, 4) is 5.75 Å². The lowest BCUT2D eigenvalue weighted by molar-refractivity contribution is -0.124. The number of hydrogen-bond donors (Lipinski definition) is 1. The number of esters is 1. The van der Waals surface area contributed by atoms with Crippen molar-refractivity contribution in [2.75, 3.05) is 13.7 Å². The molecule has 0 aliphatic rings. The molecule has 2 aromatic carbocycles. The van der Waals surface area contributed by atoms with Gasteiger partial charge in [-0.1, -0.05) is 23.7 Å². The predicted octanol–water partition coefficient (Wildman–Crippen LogP) is 3.52. The monoisotopic (exact) mass is 365 g/mol. The molecule has 0 saturated carbocycles. The van der Waals surface area contributed by atoms with Crippen molar-refractivity contribution >= 4 is 23.5 Å². The minimum Gasteiger partial charge on any atom is -0.497 e. The van der Waals surface area contributed by atoms with Crippen molar-refractivity contribution in [1.29, 1.82) is 0 Å². The van der Waals surface area contributed by atoms with Crippen LogP contribution in [0.15, 0.2) is 42.5 Å². The number of rotatable bonds is 6. The van der Waals surface area contributed by atoms with Crippen LogP contribution < -0.4 is 10.1 Å². The van der Waals surface area contributed by atoms with E-state index in [1.54, 1.807) is 25.1 Å². The van der Waals surface area contributed by atoms with Crippen molar-refractivity contribution < 1.29 is 23.5 Å². The van der Waals surface area contributed by atoms with E-state index in [1.807, 2.05) is 6.07 Å². The summed E-state index contributed by atoms with van der Waals surface area (Å²) in [6, 6.07) is 10.5. The minimum absolute atomic E-state index is 0.267. The van der Waals surface area contributed by atoms with Crippen molar-refractivity contribution in [1.82, 2.24) is 5.32 Å². The maximum atomic E-state index is 13.8. The van der Waals surface area contributed by atoms with Crippen LogP contribution in [-0.2, 0) is 9.53 Å². The number of amides is 1.